The maximum atomic E-state index is 11.0. The van der Waals surface area contributed by atoms with E-state index in [9.17, 15) is 14.9 Å². The fraction of sp³-hybridized carbons (Fsp3) is 0.600. The summed E-state index contributed by atoms with van der Waals surface area (Å²) in [6.07, 6.45) is 0.0639. The average molecular weight is 255 g/mol. The molecule has 8 nitrogen and oxygen atoms in total. The van der Waals surface area contributed by atoms with E-state index in [0.29, 0.717) is 5.69 Å². The molecule has 3 N–H and O–H groups in total. The zero-order valence-electron chi connectivity index (χ0n) is 10.9. The predicted octanol–water partition coefficient (Wildman–Crippen LogP) is 0.703. The maximum Gasteiger partial charge on any atom is 0.333 e. The number of nitrogens with zero attached hydrogens (tertiary/aromatic N) is 3. The van der Waals surface area contributed by atoms with Crippen LogP contribution in [0.3, 0.4) is 0 Å². The van der Waals surface area contributed by atoms with E-state index in [2.05, 4.69) is 10.4 Å². The summed E-state index contributed by atoms with van der Waals surface area (Å²) in [5, 5.41) is 17.9. The molecule has 1 amide bonds. The van der Waals surface area contributed by atoms with Gasteiger partial charge in [0.15, 0.2) is 0 Å². The molecule has 0 saturated heterocycles. The van der Waals surface area contributed by atoms with Crippen molar-refractivity contribution in [1.82, 2.24) is 9.78 Å². The largest absolute Gasteiger partial charge is 0.370 e. The van der Waals surface area contributed by atoms with Crippen LogP contribution in [0.25, 0.3) is 0 Å². The Balaban J connectivity index is 3.11. The molecule has 0 fully saturated rings. The van der Waals surface area contributed by atoms with Gasteiger partial charge in [-0.2, -0.15) is 5.10 Å². The predicted molar refractivity (Wildman–Crippen MR) is 66.1 cm³/mol. The third-order valence-electron chi connectivity index (χ3n) is 2.45. The van der Waals surface area contributed by atoms with Gasteiger partial charge in [-0.1, -0.05) is 0 Å². The second-order valence-electron chi connectivity index (χ2n) is 4.82. The van der Waals surface area contributed by atoms with Gasteiger partial charge >= 0.3 is 5.69 Å². The van der Waals surface area contributed by atoms with Crippen molar-refractivity contribution in [2.24, 2.45) is 12.8 Å². The highest BCUT2D eigenvalue weighted by atomic mass is 16.6. The Morgan fingerprint density at radius 2 is 2.17 bits per heavy atom. The molecule has 1 heterocycles. The molecular formula is C10H17N5O3. The van der Waals surface area contributed by atoms with Crippen LogP contribution >= 0.6 is 0 Å². The number of primary amides is 1. The van der Waals surface area contributed by atoms with Gasteiger partial charge < -0.3 is 11.1 Å². The SMILES string of the molecule is Cc1nn(C)c(NC(C)(C)CC(N)=O)c1[N+](=O)[O-]. The van der Waals surface area contributed by atoms with E-state index < -0.39 is 16.4 Å². The molecule has 1 aromatic heterocycles. The Morgan fingerprint density at radius 1 is 1.61 bits per heavy atom. The number of rotatable bonds is 5. The first-order valence-electron chi connectivity index (χ1n) is 5.38. The van der Waals surface area contributed by atoms with E-state index in [-0.39, 0.29) is 17.9 Å². The summed E-state index contributed by atoms with van der Waals surface area (Å²) in [6.45, 7) is 5.04. The third kappa shape index (κ3) is 2.96. The van der Waals surface area contributed by atoms with Crippen LogP contribution in [0, 0.1) is 17.0 Å². The number of anilines is 1. The maximum absolute atomic E-state index is 11.0. The van der Waals surface area contributed by atoms with Gasteiger partial charge in [0.05, 0.1) is 4.92 Å². The van der Waals surface area contributed by atoms with Crippen LogP contribution in [0.1, 0.15) is 26.0 Å². The molecule has 1 aromatic rings. The van der Waals surface area contributed by atoms with Crippen molar-refractivity contribution in [1.29, 1.82) is 0 Å². The summed E-state index contributed by atoms with van der Waals surface area (Å²) in [4.78, 5) is 21.4. The average Bonchev–Trinajstić information content (AvgIpc) is 2.37. The van der Waals surface area contributed by atoms with Gasteiger partial charge in [0, 0.05) is 19.0 Å². The first-order chi connectivity index (χ1) is 8.14. The van der Waals surface area contributed by atoms with Gasteiger partial charge in [0.25, 0.3) is 0 Å². The van der Waals surface area contributed by atoms with Crippen molar-refractivity contribution in [3.63, 3.8) is 0 Å². The van der Waals surface area contributed by atoms with Crippen LogP contribution in [-0.4, -0.2) is 26.1 Å². The van der Waals surface area contributed by atoms with Crippen LogP contribution in [0.2, 0.25) is 0 Å². The summed E-state index contributed by atoms with van der Waals surface area (Å²) < 4.78 is 1.39. The Morgan fingerprint density at radius 3 is 2.61 bits per heavy atom. The molecule has 1 rings (SSSR count). The lowest BCUT2D eigenvalue weighted by Crippen LogP contribution is -2.36. The van der Waals surface area contributed by atoms with E-state index >= 15 is 0 Å². The second kappa shape index (κ2) is 4.63. The Kier molecular flexibility index (Phi) is 3.59. The highest BCUT2D eigenvalue weighted by molar-refractivity contribution is 5.76. The lowest BCUT2D eigenvalue weighted by atomic mass is 10.0. The van der Waals surface area contributed by atoms with Crippen molar-refractivity contribution in [2.45, 2.75) is 32.7 Å². The molecule has 8 heteroatoms. The van der Waals surface area contributed by atoms with Crippen LogP contribution in [-0.2, 0) is 11.8 Å². The zero-order valence-corrected chi connectivity index (χ0v) is 10.9. The lowest BCUT2D eigenvalue weighted by molar-refractivity contribution is -0.384. The van der Waals surface area contributed by atoms with E-state index in [4.69, 9.17) is 5.73 Å². The van der Waals surface area contributed by atoms with Gasteiger partial charge in [0.2, 0.25) is 11.7 Å². The van der Waals surface area contributed by atoms with Gasteiger partial charge in [-0.3, -0.25) is 14.9 Å². The number of nitro groups is 1. The molecule has 0 bridgehead atoms. The van der Waals surface area contributed by atoms with Crippen LogP contribution in [0.5, 0.6) is 0 Å². The van der Waals surface area contributed by atoms with Crippen molar-refractivity contribution in [3.8, 4) is 0 Å². The summed E-state index contributed by atoms with van der Waals surface area (Å²) >= 11 is 0. The topological polar surface area (TPSA) is 116 Å². The van der Waals surface area contributed by atoms with Crippen LogP contribution in [0.4, 0.5) is 11.5 Å². The van der Waals surface area contributed by atoms with Crippen molar-refractivity contribution in [2.75, 3.05) is 5.32 Å². The Labute approximate surface area is 104 Å². The molecule has 18 heavy (non-hydrogen) atoms. The molecule has 0 aliphatic carbocycles. The minimum absolute atomic E-state index is 0.0639. The number of nitrogens with one attached hydrogen (secondary N) is 1. The molecule has 0 aliphatic rings. The monoisotopic (exact) mass is 255 g/mol. The van der Waals surface area contributed by atoms with Crippen molar-refractivity contribution < 1.29 is 9.72 Å². The zero-order chi connectivity index (χ0) is 14.1. The van der Waals surface area contributed by atoms with Crippen molar-refractivity contribution >= 4 is 17.4 Å². The number of hydrogen-bond acceptors (Lipinski definition) is 5. The van der Waals surface area contributed by atoms with E-state index in [1.807, 2.05) is 0 Å². The molecule has 0 aromatic carbocycles. The fourth-order valence-corrected chi connectivity index (χ4v) is 1.81. The molecule has 0 radical (unpaired) electrons. The molecular weight excluding hydrogens is 238 g/mol. The molecule has 0 saturated carbocycles. The van der Waals surface area contributed by atoms with Gasteiger partial charge in [-0.25, -0.2) is 4.68 Å². The molecule has 100 valence electrons. The van der Waals surface area contributed by atoms with Gasteiger partial charge in [-0.05, 0) is 20.8 Å². The molecule has 0 spiro atoms. The summed E-state index contributed by atoms with van der Waals surface area (Å²) in [7, 11) is 1.60. The number of amides is 1. The Bertz CT molecular complexity index is 492. The normalized spacial score (nSPS) is 11.3. The number of aryl methyl sites for hydroxylation is 2. The molecule has 0 unspecified atom stereocenters. The summed E-state index contributed by atoms with van der Waals surface area (Å²) in [5.74, 6) is -0.210. The summed E-state index contributed by atoms with van der Waals surface area (Å²) in [6, 6.07) is 0. The first-order valence-corrected chi connectivity index (χ1v) is 5.38. The second-order valence-corrected chi connectivity index (χ2v) is 4.82. The molecule has 0 aliphatic heterocycles. The van der Waals surface area contributed by atoms with Gasteiger partial charge in [0.1, 0.15) is 5.69 Å². The van der Waals surface area contributed by atoms with E-state index in [1.54, 1.807) is 27.8 Å². The number of hydrogen-bond donors (Lipinski definition) is 2. The van der Waals surface area contributed by atoms with E-state index in [1.165, 1.54) is 4.68 Å². The van der Waals surface area contributed by atoms with Crippen molar-refractivity contribution in [3.05, 3.63) is 15.8 Å². The minimum atomic E-state index is -0.684. The van der Waals surface area contributed by atoms with E-state index in [0.717, 1.165) is 0 Å². The smallest absolute Gasteiger partial charge is 0.333 e. The van der Waals surface area contributed by atoms with Gasteiger partial charge in [-0.15, -0.1) is 0 Å². The quantitative estimate of drug-likeness (QED) is 0.593. The third-order valence-corrected chi connectivity index (χ3v) is 2.45. The number of carbonyl (C=O) groups is 1. The highest BCUT2D eigenvalue weighted by Crippen LogP contribution is 2.30. The Hall–Kier alpha value is -2.12. The number of nitrogens with two attached hydrogens (primary N) is 1. The molecule has 0 atom stereocenters. The number of aromatic nitrogens is 2. The van der Waals surface area contributed by atoms with Crippen LogP contribution < -0.4 is 11.1 Å². The van der Waals surface area contributed by atoms with Crippen LogP contribution in [0.15, 0.2) is 0 Å². The lowest BCUT2D eigenvalue weighted by Gasteiger charge is -2.25. The fourth-order valence-electron chi connectivity index (χ4n) is 1.81. The number of carbonyl (C=O) groups excluding carboxylic acids is 1. The first kappa shape index (κ1) is 13.9. The minimum Gasteiger partial charge on any atom is -0.370 e. The summed E-state index contributed by atoms with van der Waals surface area (Å²) in [5.41, 5.74) is 4.69. The standard InChI is InChI=1S/C10H17N5O3/c1-6-8(15(17)18)9(14(4)13-6)12-10(2,3)5-7(11)16/h12H,5H2,1-4H3,(H2,11,16). The highest BCUT2D eigenvalue weighted by Gasteiger charge is 2.29.